The summed E-state index contributed by atoms with van der Waals surface area (Å²) in [6.07, 6.45) is -1.48. The standard InChI is InChI=1S/C22H17F3N6O4/c1-21(12-29-11-19(31(32)33)26-20(29)35-21)13-34-17-4-2-3-16(9-17)30-10-18(27-28-30)14-5-7-15(8-6-14)22(23,24)25/h2-11H,12-13H2,1H3/t21-/m1/s1. The summed E-state index contributed by atoms with van der Waals surface area (Å²) in [5, 5.41) is 19.0. The molecule has 2 aromatic heterocycles. The number of halogens is 3. The fourth-order valence-electron chi connectivity index (χ4n) is 3.66. The van der Waals surface area contributed by atoms with Crippen molar-refractivity contribution in [3.8, 4) is 28.7 Å². The average molecular weight is 486 g/mol. The first kappa shape index (κ1) is 22.4. The zero-order chi connectivity index (χ0) is 24.8. The number of nitrogens with zero attached hydrogens (tertiary/aromatic N) is 6. The number of benzene rings is 2. The Morgan fingerprint density at radius 1 is 1.20 bits per heavy atom. The van der Waals surface area contributed by atoms with Crippen LogP contribution in [0.25, 0.3) is 16.9 Å². The number of alkyl halides is 3. The molecule has 2 aromatic carbocycles. The zero-order valence-electron chi connectivity index (χ0n) is 18.1. The highest BCUT2D eigenvalue weighted by atomic mass is 19.4. The second kappa shape index (κ2) is 8.11. The molecule has 5 rings (SSSR count). The van der Waals surface area contributed by atoms with Gasteiger partial charge in [-0.15, -0.1) is 5.10 Å². The molecule has 0 spiro atoms. The fraction of sp³-hybridized carbons (Fsp3) is 0.227. The number of fused-ring (bicyclic) bond motifs is 1. The number of hydrogen-bond donors (Lipinski definition) is 0. The fourth-order valence-corrected chi connectivity index (χ4v) is 3.66. The molecule has 0 unspecified atom stereocenters. The van der Waals surface area contributed by atoms with Gasteiger partial charge in [-0.1, -0.05) is 23.4 Å². The van der Waals surface area contributed by atoms with Crippen LogP contribution in [-0.4, -0.2) is 41.7 Å². The molecular formula is C22H17F3N6O4. The third kappa shape index (κ3) is 4.52. The first-order chi connectivity index (χ1) is 16.6. The SMILES string of the molecule is C[C@]1(COc2cccc(-n3cc(-c4ccc(C(F)(F)F)cc4)nn3)c2)Cn2cc([N+](=O)[O-])nc2O1. The number of ether oxygens (including phenoxy) is 2. The minimum absolute atomic E-state index is 0.155. The van der Waals surface area contributed by atoms with Gasteiger partial charge < -0.3 is 19.6 Å². The number of hydrogen-bond acceptors (Lipinski definition) is 7. The van der Waals surface area contributed by atoms with Crippen molar-refractivity contribution in [2.45, 2.75) is 25.2 Å². The lowest BCUT2D eigenvalue weighted by molar-refractivity contribution is -0.389. The lowest BCUT2D eigenvalue weighted by atomic mass is 10.1. The molecule has 180 valence electrons. The normalized spacial score (nSPS) is 17.1. The van der Waals surface area contributed by atoms with Gasteiger partial charge in [0.2, 0.25) is 0 Å². The van der Waals surface area contributed by atoms with E-state index in [0.717, 1.165) is 12.1 Å². The summed E-state index contributed by atoms with van der Waals surface area (Å²) in [6.45, 7) is 2.30. The highest BCUT2D eigenvalue weighted by molar-refractivity contribution is 5.59. The molecule has 1 aliphatic heterocycles. The molecule has 13 heteroatoms. The molecule has 0 saturated heterocycles. The monoisotopic (exact) mass is 486 g/mol. The Morgan fingerprint density at radius 3 is 2.66 bits per heavy atom. The summed E-state index contributed by atoms with van der Waals surface area (Å²) in [7, 11) is 0. The summed E-state index contributed by atoms with van der Waals surface area (Å²) in [5.74, 6) is 0.244. The van der Waals surface area contributed by atoms with Crippen molar-refractivity contribution in [1.29, 1.82) is 0 Å². The van der Waals surface area contributed by atoms with Crippen molar-refractivity contribution in [1.82, 2.24) is 24.5 Å². The first-order valence-corrected chi connectivity index (χ1v) is 10.3. The Balaban J connectivity index is 1.26. The van der Waals surface area contributed by atoms with Crippen LogP contribution in [0.3, 0.4) is 0 Å². The Morgan fingerprint density at radius 2 is 1.97 bits per heavy atom. The molecule has 10 nitrogen and oxygen atoms in total. The Hall–Kier alpha value is -4.42. The number of nitro groups is 1. The molecule has 0 radical (unpaired) electrons. The summed E-state index contributed by atoms with van der Waals surface area (Å²) in [4.78, 5) is 14.1. The quantitative estimate of drug-likeness (QED) is 0.295. The third-order valence-electron chi connectivity index (χ3n) is 5.38. The minimum atomic E-state index is -4.41. The average Bonchev–Trinajstić information content (AvgIpc) is 3.52. The lowest BCUT2D eigenvalue weighted by Crippen LogP contribution is -2.38. The van der Waals surface area contributed by atoms with E-state index in [2.05, 4.69) is 15.3 Å². The number of aromatic nitrogens is 5. The molecule has 1 aliphatic rings. The van der Waals surface area contributed by atoms with Crippen molar-refractivity contribution in [2.24, 2.45) is 0 Å². The van der Waals surface area contributed by atoms with Crippen LogP contribution in [0.15, 0.2) is 60.9 Å². The maximum absolute atomic E-state index is 12.8. The van der Waals surface area contributed by atoms with E-state index >= 15 is 0 Å². The maximum Gasteiger partial charge on any atom is 0.416 e. The lowest BCUT2D eigenvalue weighted by Gasteiger charge is -2.22. The van der Waals surface area contributed by atoms with Crippen LogP contribution in [0.5, 0.6) is 11.8 Å². The molecule has 0 saturated carbocycles. The van der Waals surface area contributed by atoms with Crippen molar-refractivity contribution in [2.75, 3.05) is 6.61 Å². The van der Waals surface area contributed by atoms with Crippen molar-refractivity contribution in [3.05, 3.63) is 76.6 Å². The zero-order valence-corrected chi connectivity index (χ0v) is 18.1. The van der Waals surface area contributed by atoms with Gasteiger partial charge in [-0.3, -0.25) is 4.57 Å². The summed E-state index contributed by atoms with van der Waals surface area (Å²) in [5.41, 5.74) is 0.0479. The minimum Gasteiger partial charge on any atom is -0.489 e. The first-order valence-electron chi connectivity index (χ1n) is 10.3. The molecule has 1 atom stereocenters. The largest absolute Gasteiger partial charge is 0.489 e. The van der Waals surface area contributed by atoms with Gasteiger partial charge in [0.25, 0.3) is 0 Å². The van der Waals surface area contributed by atoms with Crippen LogP contribution < -0.4 is 9.47 Å². The van der Waals surface area contributed by atoms with Gasteiger partial charge in [0.1, 0.15) is 24.2 Å². The van der Waals surface area contributed by atoms with E-state index in [1.807, 2.05) is 6.92 Å². The van der Waals surface area contributed by atoms with Crippen LogP contribution in [-0.2, 0) is 12.7 Å². The maximum atomic E-state index is 12.8. The van der Waals surface area contributed by atoms with Crippen molar-refractivity contribution < 1.29 is 27.6 Å². The van der Waals surface area contributed by atoms with E-state index in [9.17, 15) is 23.3 Å². The van der Waals surface area contributed by atoms with Gasteiger partial charge in [-0.2, -0.15) is 13.2 Å². The predicted octanol–water partition coefficient (Wildman–Crippen LogP) is 4.29. The van der Waals surface area contributed by atoms with Crippen LogP contribution in [0.2, 0.25) is 0 Å². The van der Waals surface area contributed by atoms with Gasteiger partial charge in [-0.25, -0.2) is 4.68 Å². The van der Waals surface area contributed by atoms with Crippen LogP contribution in [0.4, 0.5) is 19.0 Å². The molecular weight excluding hydrogens is 469 g/mol. The molecule has 3 heterocycles. The Kier molecular flexibility index (Phi) is 5.19. The van der Waals surface area contributed by atoms with Crippen LogP contribution >= 0.6 is 0 Å². The molecule has 0 fully saturated rings. The van der Waals surface area contributed by atoms with Crippen LogP contribution in [0, 0.1) is 10.1 Å². The van der Waals surface area contributed by atoms with Crippen molar-refractivity contribution in [3.63, 3.8) is 0 Å². The van der Waals surface area contributed by atoms with Gasteiger partial charge >= 0.3 is 18.0 Å². The highest BCUT2D eigenvalue weighted by Gasteiger charge is 2.41. The van der Waals surface area contributed by atoms with E-state index in [0.29, 0.717) is 29.2 Å². The van der Waals surface area contributed by atoms with Gasteiger partial charge in [0.05, 0.1) is 24.0 Å². The highest BCUT2D eigenvalue weighted by Crippen LogP contribution is 2.32. The van der Waals surface area contributed by atoms with E-state index in [-0.39, 0.29) is 18.4 Å². The van der Waals surface area contributed by atoms with E-state index in [4.69, 9.17) is 9.47 Å². The molecule has 0 amide bonds. The van der Waals surface area contributed by atoms with Crippen LogP contribution in [0.1, 0.15) is 12.5 Å². The molecule has 0 bridgehead atoms. The van der Waals surface area contributed by atoms with Crippen molar-refractivity contribution >= 4 is 5.82 Å². The smallest absolute Gasteiger partial charge is 0.416 e. The van der Waals surface area contributed by atoms with E-state index in [1.165, 1.54) is 23.0 Å². The summed E-state index contributed by atoms with van der Waals surface area (Å²) < 4.78 is 53.1. The van der Waals surface area contributed by atoms with Gasteiger partial charge in [-0.05, 0) is 36.1 Å². The number of imidazole rings is 1. The topological polar surface area (TPSA) is 110 Å². The third-order valence-corrected chi connectivity index (χ3v) is 5.38. The number of rotatable bonds is 6. The second-order valence-corrected chi connectivity index (χ2v) is 8.23. The van der Waals surface area contributed by atoms with Gasteiger partial charge in [0, 0.05) is 16.6 Å². The molecule has 35 heavy (non-hydrogen) atoms. The van der Waals surface area contributed by atoms with E-state index in [1.54, 1.807) is 35.0 Å². The van der Waals surface area contributed by atoms with Gasteiger partial charge in [0.15, 0.2) is 5.60 Å². The van der Waals surface area contributed by atoms with E-state index < -0.39 is 22.3 Å². The predicted molar refractivity (Wildman–Crippen MR) is 115 cm³/mol. The Bertz CT molecular complexity index is 1370. The summed E-state index contributed by atoms with van der Waals surface area (Å²) >= 11 is 0. The summed E-state index contributed by atoms with van der Waals surface area (Å²) in [6, 6.07) is 11.9. The Labute approximate surface area is 195 Å². The molecule has 4 aromatic rings. The second-order valence-electron chi connectivity index (χ2n) is 8.23. The molecule has 0 N–H and O–H groups in total. The molecule has 0 aliphatic carbocycles.